The minimum Gasteiger partial charge on any atom is -0.396 e. The molecule has 0 radical (unpaired) electrons. The summed E-state index contributed by atoms with van der Waals surface area (Å²) in [5.74, 6) is 2.68. The van der Waals surface area contributed by atoms with Gasteiger partial charge in [-0.3, -0.25) is 4.79 Å². The number of hydrogen-bond donors (Lipinski definition) is 2. The highest BCUT2D eigenvalue weighted by atomic mass is 16.3. The predicted molar refractivity (Wildman–Crippen MR) is 83.7 cm³/mol. The van der Waals surface area contributed by atoms with Crippen molar-refractivity contribution in [3.8, 4) is 0 Å². The number of carbonyl (C=O) groups excluding carboxylic acids is 1. The van der Waals surface area contributed by atoms with E-state index < -0.39 is 0 Å². The van der Waals surface area contributed by atoms with Gasteiger partial charge in [-0.1, -0.05) is 20.8 Å². The van der Waals surface area contributed by atoms with Crippen LogP contribution in [0, 0.1) is 28.6 Å². The fraction of sp³-hybridized carbons (Fsp3) is 0.944. The van der Waals surface area contributed by atoms with Gasteiger partial charge in [0.2, 0.25) is 5.91 Å². The maximum absolute atomic E-state index is 13.0. The van der Waals surface area contributed by atoms with Crippen LogP contribution in [0.15, 0.2) is 0 Å². The number of amides is 1. The van der Waals surface area contributed by atoms with Gasteiger partial charge in [0.15, 0.2) is 0 Å². The van der Waals surface area contributed by atoms with E-state index >= 15 is 0 Å². The quantitative estimate of drug-likeness (QED) is 0.836. The van der Waals surface area contributed by atoms with Gasteiger partial charge in [-0.25, -0.2) is 0 Å². The van der Waals surface area contributed by atoms with Crippen molar-refractivity contribution < 1.29 is 9.90 Å². The zero-order chi connectivity index (χ0) is 15.3. The molecule has 1 amide bonds. The van der Waals surface area contributed by atoms with Gasteiger partial charge in [0, 0.05) is 18.1 Å². The van der Waals surface area contributed by atoms with E-state index in [-0.39, 0.29) is 29.4 Å². The summed E-state index contributed by atoms with van der Waals surface area (Å²) in [7, 11) is 0. The Labute approximate surface area is 128 Å². The lowest BCUT2D eigenvalue weighted by atomic mass is 9.49. The molecule has 0 spiro atoms. The van der Waals surface area contributed by atoms with Crippen molar-refractivity contribution in [2.45, 2.75) is 71.8 Å². The molecule has 0 aromatic rings. The lowest BCUT2D eigenvalue weighted by Gasteiger charge is -2.56. The van der Waals surface area contributed by atoms with E-state index in [0.29, 0.717) is 6.42 Å². The van der Waals surface area contributed by atoms with Crippen LogP contribution < -0.4 is 5.32 Å². The summed E-state index contributed by atoms with van der Waals surface area (Å²) in [6, 6.07) is 0.0722. The van der Waals surface area contributed by atoms with E-state index in [4.69, 9.17) is 0 Å². The number of aliphatic hydroxyl groups excluding tert-OH is 1. The smallest absolute Gasteiger partial charge is 0.226 e. The van der Waals surface area contributed by atoms with Gasteiger partial charge in [0.05, 0.1) is 0 Å². The van der Waals surface area contributed by atoms with Crippen molar-refractivity contribution >= 4 is 5.91 Å². The maximum Gasteiger partial charge on any atom is 0.226 e. The number of aliphatic hydroxyl groups is 1. The first kappa shape index (κ1) is 15.3. The molecule has 2 N–H and O–H groups in total. The fourth-order valence-electron chi connectivity index (χ4n) is 5.55. The minimum atomic E-state index is -0.0757. The van der Waals surface area contributed by atoms with Crippen molar-refractivity contribution in [1.82, 2.24) is 5.32 Å². The Kier molecular flexibility index (Phi) is 3.84. The molecule has 4 fully saturated rings. The Balaban J connectivity index is 1.72. The molecule has 21 heavy (non-hydrogen) atoms. The molecule has 4 rings (SSSR count). The summed E-state index contributed by atoms with van der Waals surface area (Å²) in [5, 5.41) is 12.6. The summed E-state index contributed by atoms with van der Waals surface area (Å²) in [5.41, 5.74) is -0.0750. The lowest BCUT2D eigenvalue weighted by molar-refractivity contribution is -0.148. The summed E-state index contributed by atoms with van der Waals surface area (Å²) in [4.78, 5) is 13.0. The van der Waals surface area contributed by atoms with Crippen molar-refractivity contribution in [2.75, 3.05) is 6.61 Å². The Hall–Kier alpha value is -0.570. The third kappa shape index (κ3) is 2.86. The lowest BCUT2D eigenvalue weighted by Crippen LogP contribution is -2.57. The summed E-state index contributed by atoms with van der Waals surface area (Å²) < 4.78 is 0. The third-order valence-corrected chi connectivity index (χ3v) is 6.29. The van der Waals surface area contributed by atoms with E-state index in [1.165, 1.54) is 19.3 Å². The SMILES string of the molecule is CC(C)(C)C(CCO)NC(=O)C12CC3CC(CC(C3)C1)C2. The fourth-order valence-corrected chi connectivity index (χ4v) is 5.55. The first-order valence-corrected chi connectivity index (χ1v) is 8.74. The summed E-state index contributed by atoms with van der Waals surface area (Å²) >= 11 is 0. The second-order valence-electron chi connectivity index (χ2n) is 9.10. The second-order valence-corrected chi connectivity index (χ2v) is 9.10. The van der Waals surface area contributed by atoms with Crippen LogP contribution in [0.2, 0.25) is 0 Å². The molecule has 0 aromatic heterocycles. The minimum absolute atomic E-state index is 0.000679. The van der Waals surface area contributed by atoms with E-state index in [1.807, 2.05) is 0 Å². The number of rotatable bonds is 4. The molecule has 4 aliphatic rings. The van der Waals surface area contributed by atoms with Crippen LogP contribution >= 0.6 is 0 Å². The number of hydrogen-bond acceptors (Lipinski definition) is 2. The molecule has 0 aromatic carbocycles. The molecule has 4 aliphatic carbocycles. The number of nitrogens with one attached hydrogen (secondary N) is 1. The largest absolute Gasteiger partial charge is 0.396 e. The highest BCUT2D eigenvalue weighted by Crippen LogP contribution is 2.60. The second kappa shape index (κ2) is 5.26. The van der Waals surface area contributed by atoms with Crippen molar-refractivity contribution in [3.63, 3.8) is 0 Å². The first-order valence-electron chi connectivity index (χ1n) is 8.74. The van der Waals surface area contributed by atoms with Crippen molar-refractivity contribution in [1.29, 1.82) is 0 Å². The standard InChI is InChI=1S/C18H31NO2/c1-17(2,3)15(4-5-20)19-16(21)18-9-12-6-13(10-18)8-14(7-12)11-18/h12-15,20H,4-11H2,1-3H3,(H,19,21). The van der Waals surface area contributed by atoms with Crippen molar-refractivity contribution in [3.05, 3.63) is 0 Å². The van der Waals surface area contributed by atoms with Crippen LogP contribution in [0.25, 0.3) is 0 Å². The van der Waals surface area contributed by atoms with Crippen molar-refractivity contribution in [2.24, 2.45) is 28.6 Å². The molecule has 0 aliphatic heterocycles. The molecule has 1 atom stereocenters. The molecule has 3 nitrogen and oxygen atoms in total. The Bertz CT molecular complexity index is 375. The molecular weight excluding hydrogens is 262 g/mol. The van der Waals surface area contributed by atoms with Gasteiger partial charge < -0.3 is 10.4 Å². The normalized spacial score (nSPS) is 39.3. The molecule has 0 heterocycles. The Morgan fingerprint density at radius 2 is 1.62 bits per heavy atom. The predicted octanol–water partition coefficient (Wildman–Crippen LogP) is 3.12. The molecule has 0 saturated heterocycles. The zero-order valence-electron chi connectivity index (χ0n) is 13.8. The molecular formula is C18H31NO2. The Morgan fingerprint density at radius 1 is 1.14 bits per heavy atom. The highest BCUT2D eigenvalue weighted by Gasteiger charge is 2.54. The topological polar surface area (TPSA) is 49.3 Å². The van der Waals surface area contributed by atoms with Gasteiger partial charge in [-0.15, -0.1) is 0 Å². The molecule has 120 valence electrons. The zero-order valence-corrected chi connectivity index (χ0v) is 13.8. The van der Waals surface area contributed by atoms with Crippen LogP contribution in [0.4, 0.5) is 0 Å². The monoisotopic (exact) mass is 293 g/mol. The number of carbonyl (C=O) groups is 1. The third-order valence-electron chi connectivity index (χ3n) is 6.29. The van der Waals surface area contributed by atoms with Gasteiger partial charge in [0.1, 0.15) is 0 Å². The molecule has 4 saturated carbocycles. The van der Waals surface area contributed by atoms with Crippen LogP contribution in [0.5, 0.6) is 0 Å². The van der Waals surface area contributed by atoms with E-state index in [2.05, 4.69) is 26.1 Å². The van der Waals surface area contributed by atoms with Crippen LogP contribution in [-0.4, -0.2) is 23.7 Å². The molecule has 1 unspecified atom stereocenters. The van der Waals surface area contributed by atoms with Crippen LogP contribution in [-0.2, 0) is 4.79 Å². The first-order chi connectivity index (χ1) is 9.82. The average molecular weight is 293 g/mol. The maximum atomic E-state index is 13.0. The van der Waals surface area contributed by atoms with Gasteiger partial charge >= 0.3 is 0 Å². The molecule has 4 bridgehead atoms. The average Bonchev–Trinajstić information content (AvgIpc) is 2.35. The van der Waals surface area contributed by atoms with E-state index in [9.17, 15) is 9.90 Å². The van der Waals surface area contributed by atoms with Crippen LogP contribution in [0.3, 0.4) is 0 Å². The Morgan fingerprint density at radius 3 is 2.00 bits per heavy atom. The highest BCUT2D eigenvalue weighted by molar-refractivity contribution is 5.83. The summed E-state index contributed by atoms with van der Waals surface area (Å²) in [6.07, 6.45) is 8.09. The molecule has 3 heteroatoms. The summed E-state index contributed by atoms with van der Waals surface area (Å²) in [6.45, 7) is 6.58. The van der Waals surface area contributed by atoms with Gasteiger partial charge in [-0.2, -0.15) is 0 Å². The van der Waals surface area contributed by atoms with E-state index in [1.54, 1.807) is 0 Å². The van der Waals surface area contributed by atoms with Gasteiger partial charge in [-0.05, 0) is 68.1 Å². The van der Waals surface area contributed by atoms with E-state index in [0.717, 1.165) is 37.0 Å². The van der Waals surface area contributed by atoms with Crippen LogP contribution in [0.1, 0.15) is 65.7 Å². The van der Waals surface area contributed by atoms with Gasteiger partial charge in [0.25, 0.3) is 0 Å².